The number of anilines is 1. The number of hydrogen-bond acceptors (Lipinski definition) is 6. The number of benzene rings is 1. The van der Waals surface area contributed by atoms with Gasteiger partial charge in [0.15, 0.2) is 0 Å². The molecule has 1 amide bonds. The van der Waals surface area contributed by atoms with Crippen LogP contribution in [0.4, 0.5) is 5.69 Å². The Balaban J connectivity index is 2.29. The highest BCUT2D eigenvalue weighted by atomic mass is 16.5. The van der Waals surface area contributed by atoms with Gasteiger partial charge in [0.2, 0.25) is 5.91 Å². The van der Waals surface area contributed by atoms with Gasteiger partial charge in [-0.25, -0.2) is 9.59 Å². The number of carbonyl (C=O) groups is 3. The van der Waals surface area contributed by atoms with Gasteiger partial charge < -0.3 is 14.8 Å². The number of aryl methyl sites for hydroxylation is 1. The molecule has 0 aliphatic rings. The van der Waals surface area contributed by atoms with Crippen LogP contribution in [0.15, 0.2) is 30.6 Å². The Bertz CT molecular complexity index is 778. The summed E-state index contributed by atoms with van der Waals surface area (Å²) in [4.78, 5) is 36.0. The first-order valence-electron chi connectivity index (χ1n) is 7.49. The average molecular weight is 345 g/mol. The van der Waals surface area contributed by atoms with Gasteiger partial charge in [0.25, 0.3) is 0 Å². The van der Waals surface area contributed by atoms with E-state index in [4.69, 9.17) is 0 Å². The van der Waals surface area contributed by atoms with E-state index in [1.165, 1.54) is 37.1 Å². The number of nitrogens with zero attached hydrogens (tertiary/aromatic N) is 2. The average Bonchev–Trinajstić information content (AvgIpc) is 3.05. The van der Waals surface area contributed by atoms with Crippen molar-refractivity contribution in [3.63, 3.8) is 0 Å². The number of rotatable bonds is 5. The van der Waals surface area contributed by atoms with Crippen molar-refractivity contribution in [2.75, 3.05) is 19.5 Å². The number of carbonyl (C=O) groups excluding carboxylic acids is 3. The molecule has 0 fully saturated rings. The maximum Gasteiger partial charge on any atom is 0.337 e. The van der Waals surface area contributed by atoms with E-state index in [0.29, 0.717) is 0 Å². The maximum absolute atomic E-state index is 12.4. The smallest absolute Gasteiger partial charge is 0.337 e. The second kappa shape index (κ2) is 7.61. The molecule has 2 rings (SSSR count). The van der Waals surface area contributed by atoms with Crippen LogP contribution in [0, 0.1) is 6.92 Å². The maximum atomic E-state index is 12.4. The Kier molecular flexibility index (Phi) is 5.53. The van der Waals surface area contributed by atoms with Gasteiger partial charge in [0.05, 0.1) is 31.5 Å². The van der Waals surface area contributed by atoms with Gasteiger partial charge >= 0.3 is 11.9 Å². The largest absolute Gasteiger partial charge is 0.465 e. The molecule has 1 N–H and O–H groups in total. The lowest BCUT2D eigenvalue weighted by atomic mass is 10.1. The summed E-state index contributed by atoms with van der Waals surface area (Å²) in [5.41, 5.74) is 1.47. The summed E-state index contributed by atoms with van der Waals surface area (Å²) in [6.07, 6.45) is 3.39. The molecule has 0 radical (unpaired) electrons. The van der Waals surface area contributed by atoms with Gasteiger partial charge in [-0.15, -0.1) is 0 Å². The lowest BCUT2D eigenvalue weighted by Gasteiger charge is -2.14. The SMILES string of the molecule is COC(=O)c1cc(NC(=O)C(C)n2cc(C)cn2)cc(C(=O)OC)c1. The molecular formula is C17H19N3O5. The number of ether oxygens (including phenoxy) is 2. The highest BCUT2D eigenvalue weighted by Crippen LogP contribution is 2.19. The highest BCUT2D eigenvalue weighted by Gasteiger charge is 2.19. The van der Waals surface area contributed by atoms with E-state index < -0.39 is 18.0 Å². The summed E-state index contributed by atoms with van der Waals surface area (Å²) in [7, 11) is 2.46. The van der Waals surface area contributed by atoms with Crippen LogP contribution in [0.25, 0.3) is 0 Å². The first kappa shape index (κ1) is 18.2. The Morgan fingerprint density at radius 1 is 1.08 bits per heavy atom. The number of amides is 1. The van der Waals surface area contributed by atoms with Crippen molar-refractivity contribution in [1.82, 2.24) is 9.78 Å². The monoisotopic (exact) mass is 345 g/mol. The first-order chi connectivity index (χ1) is 11.8. The van der Waals surface area contributed by atoms with Gasteiger partial charge in [-0.1, -0.05) is 0 Å². The van der Waals surface area contributed by atoms with Crippen LogP contribution in [0.5, 0.6) is 0 Å². The molecule has 0 saturated heterocycles. The van der Waals surface area contributed by atoms with Crippen LogP contribution in [-0.2, 0) is 14.3 Å². The van der Waals surface area contributed by atoms with E-state index in [1.54, 1.807) is 19.3 Å². The van der Waals surface area contributed by atoms with E-state index in [1.807, 2.05) is 6.92 Å². The van der Waals surface area contributed by atoms with Gasteiger partial charge in [-0.05, 0) is 37.6 Å². The lowest BCUT2D eigenvalue weighted by molar-refractivity contribution is -0.119. The summed E-state index contributed by atoms with van der Waals surface area (Å²) in [6, 6.07) is 3.62. The number of nitrogens with one attached hydrogen (secondary N) is 1. The fourth-order valence-electron chi connectivity index (χ4n) is 2.18. The predicted octanol–water partition coefficient (Wildman–Crippen LogP) is 1.96. The van der Waals surface area contributed by atoms with Crippen molar-refractivity contribution in [3.8, 4) is 0 Å². The second-order valence-electron chi connectivity index (χ2n) is 5.45. The Morgan fingerprint density at radius 2 is 1.64 bits per heavy atom. The first-order valence-corrected chi connectivity index (χ1v) is 7.49. The van der Waals surface area contributed by atoms with Gasteiger partial charge in [-0.3, -0.25) is 9.48 Å². The summed E-state index contributed by atoms with van der Waals surface area (Å²) in [5.74, 6) is -1.60. The molecule has 25 heavy (non-hydrogen) atoms. The Morgan fingerprint density at radius 3 is 2.08 bits per heavy atom. The molecule has 1 unspecified atom stereocenters. The number of esters is 2. The van der Waals surface area contributed by atoms with Crippen LogP contribution in [0.1, 0.15) is 39.2 Å². The molecule has 2 aromatic rings. The highest BCUT2D eigenvalue weighted by molar-refractivity contribution is 6.00. The van der Waals surface area contributed by atoms with Crippen LogP contribution in [0.3, 0.4) is 0 Å². The van der Waals surface area contributed by atoms with E-state index in [9.17, 15) is 14.4 Å². The molecule has 1 heterocycles. The van der Waals surface area contributed by atoms with Crippen molar-refractivity contribution in [2.45, 2.75) is 19.9 Å². The van der Waals surface area contributed by atoms with Crippen LogP contribution < -0.4 is 5.32 Å². The zero-order valence-corrected chi connectivity index (χ0v) is 14.4. The van der Waals surface area contributed by atoms with Crippen LogP contribution in [0.2, 0.25) is 0 Å². The molecule has 1 aromatic carbocycles. The van der Waals surface area contributed by atoms with E-state index in [-0.39, 0.29) is 22.7 Å². The molecule has 0 bridgehead atoms. The Labute approximate surface area is 144 Å². The number of aromatic nitrogens is 2. The molecule has 0 saturated carbocycles. The standard InChI is InChI=1S/C17H19N3O5/c1-10-8-18-20(9-10)11(2)15(21)19-14-6-12(16(22)24-3)5-13(7-14)17(23)25-4/h5-9,11H,1-4H3,(H,19,21). The molecule has 1 atom stereocenters. The van der Waals surface area contributed by atoms with E-state index in [2.05, 4.69) is 19.9 Å². The van der Waals surface area contributed by atoms with Crippen LogP contribution in [-0.4, -0.2) is 41.8 Å². The summed E-state index contributed by atoms with van der Waals surface area (Å²) < 4.78 is 10.9. The molecule has 1 aromatic heterocycles. The minimum atomic E-state index is -0.628. The van der Waals surface area contributed by atoms with Crippen molar-refractivity contribution in [1.29, 1.82) is 0 Å². The van der Waals surface area contributed by atoms with E-state index >= 15 is 0 Å². The predicted molar refractivity (Wildman–Crippen MR) is 89.4 cm³/mol. The van der Waals surface area contributed by atoms with Gasteiger partial charge in [-0.2, -0.15) is 5.10 Å². The van der Waals surface area contributed by atoms with Crippen LogP contribution >= 0.6 is 0 Å². The number of methoxy groups -OCH3 is 2. The summed E-state index contributed by atoms with van der Waals surface area (Å²) in [5, 5.41) is 6.78. The summed E-state index contributed by atoms with van der Waals surface area (Å²) in [6.45, 7) is 3.56. The van der Waals surface area contributed by atoms with Gasteiger partial charge in [0.1, 0.15) is 6.04 Å². The zero-order chi connectivity index (χ0) is 18.6. The fraction of sp³-hybridized carbons (Fsp3) is 0.294. The van der Waals surface area contributed by atoms with Gasteiger partial charge in [0, 0.05) is 11.9 Å². The second-order valence-corrected chi connectivity index (χ2v) is 5.45. The minimum Gasteiger partial charge on any atom is -0.465 e. The summed E-state index contributed by atoms with van der Waals surface area (Å²) >= 11 is 0. The molecule has 8 nitrogen and oxygen atoms in total. The van der Waals surface area contributed by atoms with Crippen molar-refractivity contribution in [3.05, 3.63) is 47.3 Å². The molecule has 0 spiro atoms. The molecular weight excluding hydrogens is 326 g/mol. The molecule has 0 aliphatic heterocycles. The zero-order valence-electron chi connectivity index (χ0n) is 14.4. The van der Waals surface area contributed by atoms with Crippen molar-refractivity contribution >= 4 is 23.5 Å². The lowest BCUT2D eigenvalue weighted by Crippen LogP contribution is -2.24. The fourth-order valence-corrected chi connectivity index (χ4v) is 2.18. The normalized spacial score (nSPS) is 11.5. The Hall–Kier alpha value is -3.16. The van der Waals surface area contributed by atoms with Crippen molar-refractivity contribution in [2.24, 2.45) is 0 Å². The third kappa shape index (κ3) is 4.23. The third-order valence-electron chi connectivity index (χ3n) is 3.55. The minimum absolute atomic E-state index is 0.128. The number of hydrogen-bond donors (Lipinski definition) is 1. The molecule has 132 valence electrons. The molecule has 8 heteroatoms. The molecule has 0 aliphatic carbocycles. The van der Waals surface area contributed by atoms with E-state index in [0.717, 1.165) is 5.56 Å². The quantitative estimate of drug-likeness (QED) is 0.832. The topological polar surface area (TPSA) is 99.5 Å². The third-order valence-corrected chi connectivity index (χ3v) is 3.55. The van der Waals surface area contributed by atoms with Crippen molar-refractivity contribution < 1.29 is 23.9 Å².